The Hall–Kier alpha value is -1.34. The normalized spacial score (nSPS) is 17.6. The molecule has 0 N–H and O–H groups in total. The van der Waals surface area contributed by atoms with Crippen molar-refractivity contribution >= 4 is 39.5 Å². The zero-order valence-corrected chi connectivity index (χ0v) is 16.9. The van der Waals surface area contributed by atoms with E-state index in [2.05, 4.69) is 15.9 Å². The smallest absolute Gasteiger partial charge is 0.410 e. The van der Waals surface area contributed by atoms with E-state index < -0.39 is 17.5 Å². The van der Waals surface area contributed by atoms with Gasteiger partial charge in [0.05, 0.1) is 11.1 Å². The summed E-state index contributed by atoms with van der Waals surface area (Å²) in [4.78, 5) is 27.8. The predicted molar refractivity (Wildman–Crippen MR) is 97.4 cm³/mol. The minimum absolute atomic E-state index is 0.0551. The molecule has 2 amide bonds. The minimum atomic E-state index is -0.652. The van der Waals surface area contributed by atoms with Crippen LogP contribution in [0.2, 0.25) is 5.02 Å². The van der Waals surface area contributed by atoms with Gasteiger partial charge in [-0.1, -0.05) is 11.6 Å². The maximum atomic E-state index is 13.8. The third kappa shape index (κ3) is 4.85. The lowest BCUT2D eigenvalue weighted by Gasteiger charge is -2.28. The molecule has 0 unspecified atom stereocenters. The number of carbonyl (C=O) groups is 2. The SMILES string of the molecule is CN(C(=O)OC(C)(C)C)[C@H]1CCN(C(=O)c2cc(F)c(Cl)c(Br)c2)C1. The molecule has 1 atom stereocenters. The summed E-state index contributed by atoms with van der Waals surface area (Å²) >= 11 is 8.91. The molecular weight excluding hydrogens is 415 g/mol. The molecule has 8 heteroatoms. The zero-order valence-electron chi connectivity index (χ0n) is 14.6. The van der Waals surface area contributed by atoms with E-state index in [1.54, 1.807) is 32.7 Å². The van der Waals surface area contributed by atoms with Gasteiger partial charge in [0.2, 0.25) is 0 Å². The van der Waals surface area contributed by atoms with Gasteiger partial charge >= 0.3 is 6.09 Å². The maximum Gasteiger partial charge on any atom is 0.410 e. The first-order chi connectivity index (χ1) is 11.5. The van der Waals surface area contributed by atoms with Crippen molar-refractivity contribution in [1.82, 2.24) is 9.80 Å². The van der Waals surface area contributed by atoms with Crippen LogP contribution in [0.25, 0.3) is 0 Å². The highest BCUT2D eigenvalue weighted by Gasteiger charge is 2.33. The first-order valence-corrected chi connectivity index (χ1v) is 9.06. The molecule has 1 saturated heterocycles. The molecule has 0 radical (unpaired) electrons. The summed E-state index contributed by atoms with van der Waals surface area (Å²) in [6.45, 7) is 6.26. The average Bonchev–Trinajstić information content (AvgIpc) is 2.98. The van der Waals surface area contributed by atoms with Crippen molar-refractivity contribution in [2.45, 2.75) is 38.8 Å². The third-order valence-electron chi connectivity index (χ3n) is 3.91. The number of benzene rings is 1. The molecule has 0 aromatic heterocycles. The maximum absolute atomic E-state index is 13.8. The molecule has 1 aliphatic heterocycles. The van der Waals surface area contributed by atoms with Crippen LogP contribution in [0.15, 0.2) is 16.6 Å². The number of halogens is 3. The monoisotopic (exact) mass is 434 g/mol. The molecule has 1 aliphatic rings. The molecule has 1 aromatic rings. The fourth-order valence-electron chi connectivity index (χ4n) is 2.59. The lowest BCUT2D eigenvalue weighted by atomic mass is 10.2. The highest BCUT2D eigenvalue weighted by atomic mass is 79.9. The molecule has 5 nitrogen and oxygen atoms in total. The van der Waals surface area contributed by atoms with Gasteiger partial charge in [0.15, 0.2) is 0 Å². The molecule has 25 heavy (non-hydrogen) atoms. The molecule has 0 spiro atoms. The Morgan fingerprint density at radius 2 is 2.04 bits per heavy atom. The van der Waals surface area contributed by atoms with Crippen LogP contribution in [0.5, 0.6) is 0 Å². The molecule has 0 aliphatic carbocycles. The Kier molecular flexibility index (Phi) is 5.99. The fraction of sp³-hybridized carbons (Fsp3) is 0.529. The van der Waals surface area contributed by atoms with Crippen LogP contribution in [-0.4, -0.2) is 53.6 Å². The first kappa shape index (κ1) is 20.0. The molecule has 1 fully saturated rings. The Bertz CT molecular complexity index is 670. The Morgan fingerprint density at radius 3 is 2.60 bits per heavy atom. The van der Waals surface area contributed by atoms with Gasteiger partial charge in [-0.05, 0) is 55.3 Å². The summed E-state index contributed by atoms with van der Waals surface area (Å²) in [7, 11) is 1.66. The topological polar surface area (TPSA) is 49.9 Å². The van der Waals surface area contributed by atoms with Gasteiger partial charge < -0.3 is 14.5 Å². The van der Waals surface area contributed by atoms with E-state index in [9.17, 15) is 14.0 Å². The van der Waals surface area contributed by atoms with Crippen LogP contribution >= 0.6 is 27.5 Å². The minimum Gasteiger partial charge on any atom is -0.444 e. The van der Waals surface area contributed by atoms with E-state index in [4.69, 9.17) is 16.3 Å². The van der Waals surface area contributed by atoms with Crippen molar-refractivity contribution in [2.75, 3.05) is 20.1 Å². The number of carbonyl (C=O) groups excluding carboxylic acids is 2. The number of ether oxygens (including phenoxy) is 1. The standard InChI is InChI=1S/C17H21BrClFN2O3/c1-17(2,3)25-16(24)21(4)11-5-6-22(9-11)15(23)10-7-12(18)14(19)13(20)8-10/h7-8,11H,5-6,9H2,1-4H3/t11-/m0/s1. The largest absolute Gasteiger partial charge is 0.444 e. The van der Waals surface area contributed by atoms with Crippen LogP contribution in [-0.2, 0) is 4.74 Å². The summed E-state index contributed by atoms with van der Waals surface area (Å²) in [5, 5.41) is -0.0551. The highest BCUT2D eigenvalue weighted by Crippen LogP contribution is 2.28. The summed E-state index contributed by atoms with van der Waals surface area (Å²) in [5.41, 5.74) is -0.360. The van der Waals surface area contributed by atoms with Crippen molar-refractivity contribution in [3.05, 3.63) is 33.0 Å². The number of nitrogens with zero attached hydrogens (tertiary/aromatic N) is 2. The van der Waals surface area contributed by atoms with Crippen LogP contribution in [0, 0.1) is 5.82 Å². The van der Waals surface area contributed by atoms with Crippen molar-refractivity contribution in [3.63, 3.8) is 0 Å². The Morgan fingerprint density at radius 1 is 1.40 bits per heavy atom. The van der Waals surface area contributed by atoms with Gasteiger partial charge in [-0.25, -0.2) is 9.18 Å². The Labute approximate surface area is 160 Å². The molecule has 0 saturated carbocycles. The molecule has 0 bridgehead atoms. The van der Waals surface area contributed by atoms with Crippen LogP contribution in [0.4, 0.5) is 9.18 Å². The summed E-state index contributed by atoms with van der Waals surface area (Å²) in [6.07, 6.45) is 0.214. The average molecular weight is 436 g/mol. The fourth-order valence-corrected chi connectivity index (χ4v) is 3.13. The van der Waals surface area contributed by atoms with E-state index in [1.807, 2.05) is 0 Å². The summed E-state index contributed by atoms with van der Waals surface area (Å²) in [5.74, 6) is -0.947. The van der Waals surface area contributed by atoms with Crippen LogP contribution < -0.4 is 0 Å². The van der Waals surface area contributed by atoms with Crippen LogP contribution in [0.3, 0.4) is 0 Å². The molecule has 2 rings (SSSR count). The second-order valence-electron chi connectivity index (χ2n) is 7.04. The van der Waals surface area contributed by atoms with Crippen molar-refractivity contribution < 1.29 is 18.7 Å². The Balaban J connectivity index is 2.05. The van der Waals surface area contributed by atoms with Gasteiger partial charge in [0, 0.05) is 30.2 Å². The van der Waals surface area contributed by atoms with E-state index in [0.29, 0.717) is 24.0 Å². The summed E-state index contributed by atoms with van der Waals surface area (Å²) in [6, 6.07) is 2.48. The van der Waals surface area contributed by atoms with E-state index >= 15 is 0 Å². The number of hydrogen-bond acceptors (Lipinski definition) is 3. The molecule has 138 valence electrons. The number of likely N-dealkylation sites (tertiary alicyclic amines) is 1. The van der Waals surface area contributed by atoms with Crippen molar-refractivity contribution in [2.24, 2.45) is 0 Å². The van der Waals surface area contributed by atoms with Crippen molar-refractivity contribution in [3.8, 4) is 0 Å². The van der Waals surface area contributed by atoms with Crippen LogP contribution in [0.1, 0.15) is 37.6 Å². The second-order valence-corrected chi connectivity index (χ2v) is 8.27. The quantitative estimate of drug-likeness (QED) is 0.650. The molecular formula is C17H21BrClFN2O3. The number of rotatable bonds is 2. The molecule has 1 aromatic carbocycles. The van der Waals surface area contributed by atoms with Gasteiger partial charge in [-0.15, -0.1) is 0 Å². The number of likely N-dealkylation sites (N-methyl/N-ethyl adjacent to an activating group) is 1. The van der Waals surface area contributed by atoms with E-state index in [0.717, 1.165) is 6.07 Å². The lowest BCUT2D eigenvalue weighted by molar-refractivity contribution is 0.0226. The predicted octanol–water partition coefficient (Wildman–Crippen LogP) is 4.32. The van der Waals surface area contributed by atoms with Gasteiger partial charge in [-0.2, -0.15) is 0 Å². The number of amides is 2. The zero-order chi connectivity index (χ0) is 18.9. The second kappa shape index (κ2) is 7.50. The third-order valence-corrected chi connectivity index (χ3v) is 5.15. The van der Waals surface area contributed by atoms with E-state index in [-0.39, 0.29) is 22.5 Å². The van der Waals surface area contributed by atoms with E-state index in [1.165, 1.54) is 11.0 Å². The highest BCUT2D eigenvalue weighted by molar-refractivity contribution is 9.10. The van der Waals surface area contributed by atoms with Gasteiger partial charge in [0.1, 0.15) is 11.4 Å². The van der Waals surface area contributed by atoms with Gasteiger partial charge in [0.25, 0.3) is 5.91 Å². The van der Waals surface area contributed by atoms with Gasteiger partial charge in [-0.3, -0.25) is 4.79 Å². The molecule has 1 heterocycles. The first-order valence-electron chi connectivity index (χ1n) is 7.89. The lowest BCUT2D eigenvalue weighted by Crippen LogP contribution is -2.42. The summed E-state index contributed by atoms with van der Waals surface area (Å²) < 4.78 is 19.4. The number of hydrogen-bond donors (Lipinski definition) is 0. The van der Waals surface area contributed by atoms with Crippen molar-refractivity contribution in [1.29, 1.82) is 0 Å².